The van der Waals surface area contributed by atoms with Crippen LogP contribution in [0.15, 0.2) is 24.3 Å². The Morgan fingerprint density at radius 3 is 2.96 bits per heavy atom. The van der Waals surface area contributed by atoms with Crippen molar-refractivity contribution < 1.29 is 9.53 Å². The Morgan fingerprint density at radius 2 is 2.08 bits per heavy atom. The molecule has 0 radical (unpaired) electrons. The molecule has 1 N–H and O–H groups in total. The van der Waals surface area contributed by atoms with E-state index >= 15 is 0 Å². The molecular formula is C21H26N2O2. The lowest BCUT2D eigenvalue weighted by atomic mass is 9.39. The number of hydrogen-bond acceptors (Lipinski definition) is 4. The number of fused-ring (bicyclic) bond motifs is 3. The Morgan fingerprint density at radius 1 is 1.20 bits per heavy atom. The minimum atomic E-state index is -0.151. The molecule has 5 atom stereocenters. The normalized spacial score (nSPS) is 46.1. The fourth-order valence-electron chi connectivity index (χ4n) is 8.03. The maximum atomic E-state index is 12.9. The van der Waals surface area contributed by atoms with E-state index in [1.165, 1.54) is 50.0 Å². The van der Waals surface area contributed by atoms with Gasteiger partial charge in [-0.25, -0.2) is 0 Å². The van der Waals surface area contributed by atoms with Crippen LogP contribution in [0.25, 0.3) is 0 Å². The second-order valence-electron chi connectivity index (χ2n) is 9.05. The number of methoxy groups -OCH3 is 1. The highest BCUT2D eigenvalue weighted by molar-refractivity contribution is 5.80. The summed E-state index contributed by atoms with van der Waals surface area (Å²) in [6.45, 7) is 2.41. The second kappa shape index (κ2) is 4.40. The van der Waals surface area contributed by atoms with Gasteiger partial charge in [-0.1, -0.05) is 18.2 Å². The van der Waals surface area contributed by atoms with Gasteiger partial charge >= 0.3 is 5.97 Å². The van der Waals surface area contributed by atoms with E-state index in [1.54, 1.807) is 7.11 Å². The molecule has 7 rings (SSSR count). The number of nitrogens with zero attached hydrogens (tertiary/aromatic N) is 1. The van der Waals surface area contributed by atoms with Crippen LogP contribution in [0.1, 0.15) is 44.1 Å². The fourth-order valence-corrected chi connectivity index (χ4v) is 8.03. The number of carbonyl (C=O) groups is 1. The van der Waals surface area contributed by atoms with Crippen molar-refractivity contribution in [3.05, 3.63) is 29.8 Å². The lowest BCUT2D eigenvalue weighted by Crippen LogP contribution is -2.76. The lowest BCUT2D eigenvalue weighted by molar-refractivity contribution is -0.171. The highest BCUT2D eigenvalue weighted by Gasteiger charge is 2.78. The third-order valence-corrected chi connectivity index (χ3v) is 8.60. The summed E-state index contributed by atoms with van der Waals surface area (Å²) in [6.07, 6.45) is 7.10. The van der Waals surface area contributed by atoms with Crippen LogP contribution in [-0.2, 0) is 14.9 Å². The Hall–Kier alpha value is -1.55. The molecule has 0 unspecified atom stereocenters. The van der Waals surface area contributed by atoms with Gasteiger partial charge in [0.1, 0.15) is 0 Å². The minimum absolute atomic E-state index is 0.00114. The Balaban J connectivity index is 1.65. The number of benzene rings is 1. The molecule has 4 heteroatoms. The first-order valence-corrected chi connectivity index (χ1v) is 9.87. The molecule has 3 saturated carbocycles. The van der Waals surface area contributed by atoms with Gasteiger partial charge in [-0.2, -0.15) is 0 Å². The van der Waals surface area contributed by atoms with E-state index in [2.05, 4.69) is 34.5 Å². The van der Waals surface area contributed by atoms with Gasteiger partial charge in [0.2, 0.25) is 0 Å². The Kier molecular flexibility index (Phi) is 2.57. The van der Waals surface area contributed by atoms with Gasteiger partial charge in [0.15, 0.2) is 0 Å². The third-order valence-electron chi connectivity index (χ3n) is 8.60. The monoisotopic (exact) mass is 338 g/mol. The number of rotatable bonds is 1. The zero-order valence-corrected chi connectivity index (χ0v) is 14.9. The number of nitrogens with one attached hydrogen (secondary N) is 1. The maximum absolute atomic E-state index is 12.9. The molecule has 6 aliphatic rings. The topological polar surface area (TPSA) is 41.6 Å². The lowest BCUT2D eigenvalue weighted by Gasteiger charge is -2.69. The first-order chi connectivity index (χ1) is 12.2. The van der Waals surface area contributed by atoms with Gasteiger partial charge in [-0.3, -0.25) is 9.69 Å². The van der Waals surface area contributed by atoms with E-state index in [0.29, 0.717) is 11.5 Å². The zero-order chi connectivity index (χ0) is 16.9. The van der Waals surface area contributed by atoms with Gasteiger partial charge in [-0.15, -0.1) is 0 Å². The van der Waals surface area contributed by atoms with Crippen molar-refractivity contribution in [1.82, 2.24) is 4.90 Å². The molecule has 132 valence electrons. The van der Waals surface area contributed by atoms with E-state index in [0.717, 1.165) is 12.8 Å². The van der Waals surface area contributed by atoms with E-state index in [1.807, 2.05) is 0 Å². The summed E-state index contributed by atoms with van der Waals surface area (Å²) in [5.41, 5.74) is 2.97. The van der Waals surface area contributed by atoms with Gasteiger partial charge in [-0.05, 0) is 68.7 Å². The molecule has 25 heavy (non-hydrogen) atoms. The number of para-hydroxylation sites is 1. The molecule has 5 fully saturated rings. The predicted octanol–water partition coefficient (Wildman–Crippen LogP) is 2.93. The second-order valence-corrected chi connectivity index (χ2v) is 9.05. The van der Waals surface area contributed by atoms with Crippen molar-refractivity contribution in [2.24, 2.45) is 11.3 Å². The molecule has 2 bridgehead atoms. The van der Waals surface area contributed by atoms with E-state index in [4.69, 9.17) is 4.74 Å². The first-order valence-electron chi connectivity index (χ1n) is 9.87. The molecule has 3 aliphatic carbocycles. The summed E-state index contributed by atoms with van der Waals surface area (Å²) in [5, 5.41) is 3.92. The average molecular weight is 338 g/mol. The van der Waals surface area contributed by atoms with Crippen LogP contribution < -0.4 is 5.32 Å². The van der Waals surface area contributed by atoms with E-state index in [9.17, 15) is 4.79 Å². The SMILES string of the molecule is COC(=O)[C@H]1C[C@@]23CCCN4CC[C@@]5(c6ccccc6N[C@]15CC2)[C@@H]43. The Bertz CT molecular complexity index is 779. The van der Waals surface area contributed by atoms with Crippen LogP contribution in [0, 0.1) is 11.3 Å². The zero-order valence-electron chi connectivity index (χ0n) is 14.9. The summed E-state index contributed by atoms with van der Waals surface area (Å²) < 4.78 is 5.33. The number of esters is 1. The Labute approximate surface area is 148 Å². The maximum Gasteiger partial charge on any atom is 0.311 e. The number of hydrogen-bond donors (Lipinski definition) is 1. The fraction of sp³-hybridized carbons (Fsp3) is 0.667. The van der Waals surface area contributed by atoms with Crippen LogP contribution in [0.2, 0.25) is 0 Å². The van der Waals surface area contributed by atoms with Crippen molar-refractivity contribution in [2.75, 3.05) is 25.5 Å². The van der Waals surface area contributed by atoms with Crippen LogP contribution in [0.3, 0.4) is 0 Å². The third kappa shape index (κ3) is 1.38. The molecule has 1 aromatic rings. The highest BCUT2D eigenvalue weighted by atomic mass is 16.5. The molecule has 3 heterocycles. The molecule has 0 aromatic heterocycles. The van der Waals surface area contributed by atoms with Gasteiger partial charge in [0.05, 0.1) is 18.6 Å². The van der Waals surface area contributed by atoms with Crippen molar-refractivity contribution in [2.45, 2.75) is 55.5 Å². The summed E-state index contributed by atoms with van der Waals surface area (Å²) in [6, 6.07) is 9.45. The molecule has 3 aliphatic heterocycles. The molecular weight excluding hydrogens is 312 g/mol. The van der Waals surface area contributed by atoms with Crippen LogP contribution in [-0.4, -0.2) is 42.6 Å². The van der Waals surface area contributed by atoms with E-state index in [-0.39, 0.29) is 22.8 Å². The molecule has 4 nitrogen and oxygen atoms in total. The largest absolute Gasteiger partial charge is 0.469 e. The van der Waals surface area contributed by atoms with Crippen LogP contribution in [0.4, 0.5) is 5.69 Å². The quantitative estimate of drug-likeness (QED) is 0.800. The number of carbonyl (C=O) groups excluding carboxylic acids is 1. The van der Waals surface area contributed by atoms with Gasteiger partial charge < -0.3 is 10.1 Å². The minimum Gasteiger partial charge on any atom is -0.469 e. The van der Waals surface area contributed by atoms with Crippen LogP contribution >= 0.6 is 0 Å². The molecule has 0 amide bonds. The summed E-state index contributed by atoms with van der Waals surface area (Å²) >= 11 is 0. The summed E-state index contributed by atoms with van der Waals surface area (Å²) in [4.78, 5) is 15.7. The van der Waals surface area contributed by atoms with Gasteiger partial charge in [0, 0.05) is 17.1 Å². The predicted molar refractivity (Wildman–Crippen MR) is 95.5 cm³/mol. The highest BCUT2D eigenvalue weighted by Crippen LogP contribution is 2.74. The number of piperidine rings is 1. The molecule has 2 saturated heterocycles. The standard InChI is InChI=1S/C21H26N2O2/c1-25-17(24)15-13-19-7-4-11-23-12-10-20(18(19)23)14-5-2-3-6-16(14)22-21(15,20)9-8-19/h2-3,5-6,15,18,22H,4,7-13H2,1H3/t15-,18+,19-,20-,21-/m1/s1. The van der Waals surface area contributed by atoms with Crippen molar-refractivity contribution in [3.63, 3.8) is 0 Å². The number of ether oxygens (including phenoxy) is 1. The van der Waals surface area contributed by atoms with Crippen molar-refractivity contribution in [3.8, 4) is 0 Å². The first kappa shape index (κ1) is 14.6. The van der Waals surface area contributed by atoms with Gasteiger partial charge in [0.25, 0.3) is 0 Å². The average Bonchev–Trinajstić information content (AvgIpc) is 3.19. The van der Waals surface area contributed by atoms with Crippen molar-refractivity contribution in [1.29, 1.82) is 0 Å². The number of anilines is 1. The molecule has 3 spiro atoms. The van der Waals surface area contributed by atoms with Crippen molar-refractivity contribution >= 4 is 11.7 Å². The summed E-state index contributed by atoms with van der Waals surface area (Å²) in [7, 11) is 1.56. The summed E-state index contributed by atoms with van der Waals surface area (Å²) in [5.74, 6) is -0.0193. The van der Waals surface area contributed by atoms with Crippen LogP contribution in [0.5, 0.6) is 0 Å². The smallest absolute Gasteiger partial charge is 0.311 e. The molecule has 1 aromatic carbocycles. The van der Waals surface area contributed by atoms with E-state index < -0.39 is 0 Å².